The molecule has 0 saturated carbocycles. The summed E-state index contributed by atoms with van der Waals surface area (Å²) in [5, 5.41) is 8.21. The molecule has 0 aliphatic heterocycles. The van der Waals surface area contributed by atoms with Crippen LogP contribution in [-0.4, -0.2) is 27.6 Å². The van der Waals surface area contributed by atoms with Gasteiger partial charge in [-0.1, -0.05) is 137 Å². The molecule has 0 aliphatic carbocycles. The van der Waals surface area contributed by atoms with Crippen LogP contribution < -0.4 is 5.32 Å². The predicted octanol–water partition coefficient (Wildman–Crippen LogP) is 15.4. The summed E-state index contributed by atoms with van der Waals surface area (Å²) in [6.07, 6.45) is 1.66. The van der Waals surface area contributed by atoms with Crippen LogP contribution in [0, 0.1) is 19.1 Å². The minimum Gasteiger partial charge on any atom is -0.501 e. The van der Waals surface area contributed by atoms with Crippen molar-refractivity contribution in [1.82, 2.24) is 19.5 Å². The zero-order chi connectivity index (χ0) is 45.0. The molecule has 8 aromatic carbocycles. The third kappa shape index (κ3) is 8.21. The number of hydrogen-bond donors (Lipinski definition) is 0. The Morgan fingerprint density at radius 2 is 1.33 bits per heavy atom. The zero-order valence-corrected chi connectivity index (χ0v) is 42.1. The number of benzene rings is 8. The van der Waals surface area contributed by atoms with Crippen LogP contribution in [0.2, 0.25) is 19.6 Å². The molecule has 0 bridgehead atoms. The fourth-order valence-electron chi connectivity index (χ4n) is 9.17. The smallest absolute Gasteiger partial charge is 0.121 e. The first-order chi connectivity index (χ1) is 31.4. The molecule has 0 unspecified atom stereocenters. The first-order valence-electron chi connectivity index (χ1n) is 22.6. The molecule has 7 heteroatoms. The van der Waals surface area contributed by atoms with Gasteiger partial charge in [0.2, 0.25) is 0 Å². The minimum atomic E-state index is -1.36. The van der Waals surface area contributed by atoms with Crippen molar-refractivity contribution in [3.63, 3.8) is 0 Å². The quantitative estimate of drug-likeness (QED) is 0.0907. The third-order valence-corrected chi connectivity index (χ3v) is 14.4. The number of imidazole rings is 1. The summed E-state index contributed by atoms with van der Waals surface area (Å²) in [5.74, 6) is 1.39. The standard InChI is InChI=1S/C46H37N2O.C13H15N2Si.Ir/c1-27(2)37-24-32(33-15-8-6-13-29(33)5)25-38(28(3)4)44(37)48-42-20-11-10-19-41(42)47-46(48)36-18-12-17-35-40-23-31-22-21-30-14-7-9-16-34(30)39(31)26-43(40)49-45(35)36;1-16(2,3)13-9-12(14-10-15-13)11-7-5-4-6-8-11;/h6-17,19-28H,1-5H3;4-7,9-10H,1-3H3;/q2*-1;. The van der Waals surface area contributed by atoms with Crippen LogP contribution in [0.5, 0.6) is 0 Å². The van der Waals surface area contributed by atoms with Gasteiger partial charge in [-0.15, -0.1) is 54.1 Å². The number of aryl methyl sites for hydroxylation is 1. The van der Waals surface area contributed by atoms with Crippen molar-refractivity contribution in [2.45, 2.75) is 66.1 Å². The van der Waals surface area contributed by atoms with E-state index in [0.717, 1.165) is 55.6 Å². The van der Waals surface area contributed by atoms with Gasteiger partial charge in [0.05, 0.1) is 22.4 Å². The molecule has 11 aromatic rings. The van der Waals surface area contributed by atoms with Crippen molar-refractivity contribution in [3.05, 3.63) is 187 Å². The third-order valence-electron chi connectivity index (χ3n) is 12.6. The maximum atomic E-state index is 6.84. The maximum absolute atomic E-state index is 6.84. The maximum Gasteiger partial charge on any atom is 0.121 e. The Hall–Kier alpha value is -6.50. The Balaban J connectivity index is 0.000000273. The van der Waals surface area contributed by atoms with E-state index in [9.17, 15) is 0 Å². The van der Waals surface area contributed by atoms with E-state index in [-0.39, 0.29) is 31.9 Å². The molecular weight excluding hydrogens is 1000 g/mol. The van der Waals surface area contributed by atoms with E-state index in [0.29, 0.717) is 0 Å². The van der Waals surface area contributed by atoms with Crippen LogP contribution in [0.15, 0.2) is 162 Å². The van der Waals surface area contributed by atoms with E-state index in [1.165, 1.54) is 60.4 Å². The molecule has 0 spiro atoms. The Bertz CT molecular complexity index is 3530. The van der Waals surface area contributed by atoms with E-state index >= 15 is 0 Å². The molecule has 0 N–H and O–H groups in total. The Labute approximate surface area is 402 Å². The summed E-state index contributed by atoms with van der Waals surface area (Å²) in [5.41, 5.74) is 14.2. The summed E-state index contributed by atoms with van der Waals surface area (Å²) >= 11 is 0. The molecule has 0 aliphatic rings. The zero-order valence-electron chi connectivity index (χ0n) is 38.7. The molecule has 3 aromatic heterocycles. The van der Waals surface area contributed by atoms with Gasteiger partial charge in [-0.2, -0.15) is 0 Å². The summed E-state index contributed by atoms with van der Waals surface area (Å²) in [7, 11) is -1.36. The summed E-state index contributed by atoms with van der Waals surface area (Å²) in [6, 6.07) is 60.3. The second-order valence-electron chi connectivity index (χ2n) is 18.8. The molecule has 5 nitrogen and oxygen atoms in total. The molecule has 0 saturated heterocycles. The SMILES string of the molecule is C[Si](C)(C)c1cc(-c2[c-]cccc2)ncn1.Cc1ccccc1-c1cc(C(C)C)c(-n2c(-c3[c-]ccc4c3oc3cc5c(ccc6ccccc65)cc34)nc3ccccc32)c(C(C)C)c1.[Ir]. The fourth-order valence-corrected chi connectivity index (χ4v) is 10.2. The van der Waals surface area contributed by atoms with Gasteiger partial charge in [0.1, 0.15) is 20.0 Å². The number of furan rings is 1. The number of rotatable bonds is 7. The van der Waals surface area contributed by atoms with Gasteiger partial charge in [-0.25, -0.2) is 4.98 Å². The van der Waals surface area contributed by atoms with Crippen molar-refractivity contribution in [2.75, 3.05) is 0 Å². The molecule has 0 amide bonds. The second-order valence-corrected chi connectivity index (χ2v) is 23.8. The van der Waals surface area contributed by atoms with Crippen molar-refractivity contribution >= 4 is 67.9 Å². The Morgan fingerprint density at radius 1 is 0.621 bits per heavy atom. The van der Waals surface area contributed by atoms with Gasteiger partial charge in [0.15, 0.2) is 0 Å². The van der Waals surface area contributed by atoms with Crippen LogP contribution >= 0.6 is 0 Å². The summed E-state index contributed by atoms with van der Waals surface area (Å²) in [4.78, 5) is 14.0. The number of nitrogens with zero attached hydrogens (tertiary/aromatic N) is 4. The molecular formula is C59H52IrN4OSi-2. The first-order valence-corrected chi connectivity index (χ1v) is 26.1. The minimum absolute atomic E-state index is 0. The van der Waals surface area contributed by atoms with Crippen molar-refractivity contribution < 1.29 is 24.5 Å². The number of aromatic nitrogens is 4. The van der Waals surface area contributed by atoms with Crippen molar-refractivity contribution in [2.24, 2.45) is 0 Å². The monoisotopic (exact) mass is 1050 g/mol. The van der Waals surface area contributed by atoms with Crippen LogP contribution in [0.3, 0.4) is 0 Å². The molecule has 0 atom stereocenters. The largest absolute Gasteiger partial charge is 0.501 e. The van der Waals surface area contributed by atoms with E-state index in [4.69, 9.17) is 9.40 Å². The van der Waals surface area contributed by atoms with Crippen LogP contribution in [0.4, 0.5) is 0 Å². The molecule has 329 valence electrons. The predicted molar refractivity (Wildman–Crippen MR) is 275 cm³/mol. The average Bonchev–Trinajstić information content (AvgIpc) is 3.89. The molecule has 1 radical (unpaired) electrons. The van der Waals surface area contributed by atoms with E-state index in [1.54, 1.807) is 6.33 Å². The Morgan fingerprint density at radius 3 is 2.08 bits per heavy atom. The molecule has 11 rings (SSSR count). The first kappa shape index (κ1) is 44.7. The van der Waals surface area contributed by atoms with Crippen LogP contribution in [0.25, 0.3) is 94.0 Å². The van der Waals surface area contributed by atoms with Crippen LogP contribution in [0.1, 0.15) is 56.2 Å². The number of fused-ring (bicyclic) bond motifs is 7. The number of hydrogen-bond acceptors (Lipinski definition) is 4. The van der Waals surface area contributed by atoms with Gasteiger partial charge < -0.3 is 8.98 Å². The van der Waals surface area contributed by atoms with Crippen LogP contribution in [-0.2, 0) is 20.1 Å². The van der Waals surface area contributed by atoms with Gasteiger partial charge >= 0.3 is 0 Å². The van der Waals surface area contributed by atoms with Gasteiger partial charge in [-0.3, -0.25) is 9.97 Å². The topological polar surface area (TPSA) is 56.7 Å². The van der Waals surface area contributed by atoms with E-state index in [1.807, 2.05) is 30.3 Å². The Kier molecular flexibility index (Phi) is 12.2. The van der Waals surface area contributed by atoms with Gasteiger partial charge in [-0.05, 0) is 110 Å². The van der Waals surface area contributed by atoms with Crippen molar-refractivity contribution in [1.29, 1.82) is 0 Å². The fraction of sp³-hybridized carbons (Fsp3) is 0.169. The van der Waals surface area contributed by atoms with E-state index in [2.05, 4.69) is 202 Å². The normalized spacial score (nSPS) is 11.8. The summed E-state index contributed by atoms with van der Waals surface area (Å²) < 4.78 is 9.22. The van der Waals surface area contributed by atoms with E-state index < -0.39 is 8.07 Å². The molecule has 0 fully saturated rings. The average molecular weight is 1050 g/mol. The van der Waals surface area contributed by atoms with Crippen molar-refractivity contribution in [3.8, 4) is 39.5 Å². The number of para-hydroxylation sites is 2. The van der Waals surface area contributed by atoms with Gasteiger partial charge in [0, 0.05) is 36.5 Å². The second kappa shape index (κ2) is 18.1. The molecule has 3 heterocycles. The molecule has 66 heavy (non-hydrogen) atoms. The van der Waals surface area contributed by atoms with Gasteiger partial charge in [0.25, 0.3) is 0 Å². The summed E-state index contributed by atoms with van der Waals surface area (Å²) in [6.45, 7) is 18.2.